The first-order chi connectivity index (χ1) is 9.12. The Morgan fingerprint density at radius 3 is 3.00 bits per heavy atom. The molecule has 0 N–H and O–H groups in total. The SMILES string of the molecule is CC1=CCCC23O[C@H]2[C@@H](OC3=O)c2c(C)coc2C1. The van der Waals surface area contributed by atoms with Crippen molar-refractivity contribution in [3.8, 4) is 0 Å². The van der Waals surface area contributed by atoms with Crippen molar-refractivity contribution in [3.05, 3.63) is 34.8 Å². The molecule has 0 spiro atoms. The molecule has 4 nitrogen and oxygen atoms in total. The molecule has 4 rings (SSSR count). The number of hydrogen-bond donors (Lipinski definition) is 0. The highest BCUT2D eigenvalue weighted by Crippen LogP contribution is 2.57. The molecule has 19 heavy (non-hydrogen) atoms. The molecule has 3 aliphatic rings. The van der Waals surface area contributed by atoms with Crippen molar-refractivity contribution < 1.29 is 18.7 Å². The largest absolute Gasteiger partial charge is 0.468 e. The molecule has 4 heteroatoms. The lowest BCUT2D eigenvalue weighted by molar-refractivity contribution is -0.154. The fourth-order valence-electron chi connectivity index (χ4n) is 3.34. The highest BCUT2D eigenvalue weighted by Gasteiger charge is 2.73. The smallest absolute Gasteiger partial charge is 0.342 e. The molecule has 3 atom stereocenters. The summed E-state index contributed by atoms with van der Waals surface area (Å²) in [7, 11) is 0. The Morgan fingerprint density at radius 1 is 1.37 bits per heavy atom. The lowest BCUT2D eigenvalue weighted by Crippen LogP contribution is -2.22. The van der Waals surface area contributed by atoms with E-state index in [0.29, 0.717) is 0 Å². The van der Waals surface area contributed by atoms with Crippen molar-refractivity contribution in [2.75, 3.05) is 0 Å². The third-order valence-electron chi connectivity index (χ3n) is 4.43. The third-order valence-corrected chi connectivity index (χ3v) is 4.43. The number of hydrogen-bond acceptors (Lipinski definition) is 4. The van der Waals surface area contributed by atoms with Crippen LogP contribution in [0.2, 0.25) is 0 Å². The van der Waals surface area contributed by atoms with Crippen LogP contribution >= 0.6 is 0 Å². The Morgan fingerprint density at radius 2 is 2.21 bits per heavy atom. The molecular weight excluding hydrogens is 244 g/mol. The highest BCUT2D eigenvalue weighted by molar-refractivity contribution is 5.87. The fourth-order valence-corrected chi connectivity index (χ4v) is 3.34. The van der Waals surface area contributed by atoms with Gasteiger partial charge in [-0.15, -0.1) is 0 Å². The molecule has 1 unspecified atom stereocenters. The third kappa shape index (κ3) is 1.40. The summed E-state index contributed by atoms with van der Waals surface area (Å²) in [6.45, 7) is 4.08. The van der Waals surface area contributed by atoms with Crippen LogP contribution in [0.3, 0.4) is 0 Å². The number of ether oxygens (including phenoxy) is 2. The first-order valence-electron chi connectivity index (χ1n) is 6.73. The summed E-state index contributed by atoms with van der Waals surface area (Å²) in [5.41, 5.74) is 2.62. The number of carbonyl (C=O) groups excluding carboxylic acids is 1. The molecular formula is C15H16O4. The van der Waals surface area contributed by atoms with Crippen molar-refractivity contribution in [2.24, 2.45) is 0 Å². The fraction of sp³-hybridized carbons (Fsp3) is 0.533. The Kier molecular flexibility index (Phi) is 2.09. The second kappa shape index (κ2) is 3.51. The van der Waals surface area contributed by atoms with E-state index in [9.17, 15) is 4.79 Å². The van der Waals surface area contributed by atoms with E-state index in [2.05, 4.69) is 13.0 Å². The predicted octanol–water partition coefficient (Wildman–Crippen LogP) is 2.61. The zero-order valence-electron chi connectivity index (χ0n) is 11.1. The minimum atomic E-state index is -0.681. The van der Waals surface area contributed by atoms with Gasteiger partial charge in [0, 0.05) is 12.0 Å². The Labute approximate surface area is 111 Å². The molecule has 2 saturated heterocycles. The monoisotopic (exact) mass is 260 g/mol. The zero-order chi connectivity index (χ0) is 13.2. The number of aryl methyl sites for hydroxylation is 1. The van der Waals surface area contributed by atoms with Crippen LogP contribution in [0.1, 0.15) is 42.8 Å². The van der Waals surface area contributed by atoms with Crippen LogP contribution in [-0.4, -0.2) is 17.7 Å². The van der Waals surface area contributed by atoms with Gasteiger partial charge in [-0.25, -0.2) is 4.79 Å². The van der Waals surface area contributed by atoms with Gasteiger partial charge in [-0.05, 0) is 32.3 Å². The van der Waals surface area contributed by atoms with Gasteiger partial charge in [0.2, 0.25) is 0 Å². The first kappa shape index (κ1) is 11.3. The number of furan rings is 1. The van der Waals surface area contributed by atoms with Gasteiger partial charge in [0.15, 0.2) is 11.7 Å². The molecule has 1 aromatic heterocycles. The summed E-state index contributed by atoms with van der Waals surface area (Å²) in [4.78, 5) is 12.1. The number of carbonyl (C=O) groups is 1. The van der Waals surface area contributed by atoms with E-state index in [0.717, 1.165) is 36.1 Å². The molecule has 2 bridgehead atoms. The van der Waals surface area contributed by atoms with Crippen LogP contribution < -0.4 is 0 Å². The van der Waals surface area contributed by atoms with Crippen LogP contribution in [0.4, 0.5) is 0 Å². The Balaban J connectivity index is 1.85. The zero-order valence-corrected chi connectivity index (χ0v) is 11.1. The van der Waals surface area contributed by atoms with Crippen LogP contribution in [0.5, 0.6) is 0 Å². The van der Waals surface area contributed by atoms with Gasteiger partial charge in [-0.3, -0.25) is 0 Å². The van der Waals surface area contributed by atoms with Crippen molar-refractivity contribution in [1.29, 1.82) is 0 Å². The van der Waals surface area contributed by atoms with Crippen LogP contribution in [-0.2, 0) is 20.7 Å². The standard InChI is InChI=1S/C15H16O4/c1-8-4-3-5-15-13(19-15)12(18-14(15)16)11-9(2)7-17-10(11)6-8/h4,7,12-13H,3,5-6H2,1-2H3/t12-,13-,15?/m0/s1. The summed E-state index contributed by atoms with van der Waals surface area (Å²) in [6, 6.07) is 0. The van der Waals surface area contributed by atoms with E-state index in [1.165, 1.54) is 5.57 Å². The molecule has 2 fully saturated rings. The number of epoxide rings is 1. The Hall–Kier alpha value is -1.55. The lowest BCUT2D eigenvalue weighted by Gasteiger charge is -2.13. The summed E-state index contributed by atoms with van der Waals surface area (Å²) in [6.07, 6.45) is 5.84. The van der Waals surface area contributed by atoms with Gasteiger partial charge < -0.3 is 13.9 Å². The molecule has 0 aromatic carbocycles. The van der Waals surface area contributed by atoms with Crippen LogP contribution in [0.15, 0.2) is 22.3 Å². The molecule has 3 heterocycles. The van der Waals surface area contributed by atoms with Gasteiger partial charge >= 0.3 is 5.97 Å². The number of fused-ring (bicyclic) bond motifs is 2. The lowest BCUT2D eigenvalue weighted by atomic mass is 9.91. The van der Waals surface area contributed by atoms with E-state index >= 15 is 0 Å². The first-order valence-corrected chi connectivity index (χ1v) is 6.73. The number of esters is 1. The summed E-state index contributed by atoms with van der Waals surface area (Å²) < 4.78 is 16.9. The van der Waals surface area contributed by atoms with Gasteiger partial charge in [0.1, 0.15) is 11.9 Å². The minimum Gasteiger partial charge on any atom is -0.468 e. The number of rotatable bonds is 0. The van der Waals surface area contributed by atoms with E-state index in [1.807, 2.05) is 6.92 Å². The normalized spacial score (nSPS) is 36.1. The quantitative estimate of drug-likeness (QED) is 0.409. The summed E-state index contributed by atoms with van der Waals surface area (Å²) >= 11 is 0. The van der Waals surface area contributed by atoms with E-state index in [1.54, 1.807) is 6.26 Å². The summed E-state index contributed by atoms with van der Waals surface area (Å²) in [5, 5.41) is 0. The van der Waals surface area contributed by atoms with E-state index in [-0.39, 0.29) is 18.2 Å². The van der Waals surface area contributed by atoms with Gasteiger partial charge in [-0.1, -0.05) is 11.6 Å². The predicted molar refractivity (Wildman–Crippen MR) is 66.6 cm³/mol. The average Bonchev–Trinajstić information content (AvgIpc) is 2.91. The van der Waals surface area contributed by atoms with Crippen molar-refractivity contribution >= 4 is 5.97 Å². The molecule has 1 aromatic rings. The van der Waals surface area contributed by atoms with E-state index in [4.69, 9.17) is 13.9 Å². The maximum absolute atomic E-state index is 12.1. The highest BCUT2D eigenvalue weighted by atomic mass is 16.7. The molecule has 0 saturated carbocycles. The summed E-state index contributed by atoms with van der Waals surface area (Å²) in [5.74, 6) is 0.694. The second-order valence-electron chi connectivity index (χ2n) is 5.78. The minimum absolute atomic E-state index is 0.123. The molecule has 2 aliphatic heterocycles. The molecule has 0 amide bonds. The van der Waals surface area contributed by atoms with Crippen molar-refractivity contribution in [3.63, 3.8) is 0 Å². The van der Waals surface area contributed by atoms with Crippen LogP contribution in [0.25, 0.3) is 0 Å². The molecule has 0 radical (unpaired) electrons. The maximum atomic E-state index is 12.1. The molecule has 100 valence electrons. The topological polar surface area (TPSA) is 52.0 Å². The number of allylic oxidation sites excluding steroid dienone is 2. The average molecular weight is 260 g/mol. The second-order valence-corrected chi connectivity index (χ2v) is 5.78. The van der Waals surface area contributed by atoms with Gasteiger partial charge in [-0.2, -0.15) is 0 Å². The maximum Gasteiger partial charge on any atom is 0.342 e. The van der Waals surface area contributed by atoms with Crippen molar-refractivity contribution in [1.82, 2.24) is 0 Å². The Bertz CT molecular complexity index is 597. The van der Waals surface area contributed by atoms with E-state index < -0.39 is 5.60 Å². The van der Waals surface area contributed by atoms with Crippen molar-refractivity contribution in [2.45, 2.75) is 50.9 Å². The van der Waals surface area contributed by atoms with Gasteiger partial charge in [0.25, 0.3) is 0 Å². The van der Waals surface area contributed by atoms with Gasteiger partial charge in [0.05, 0.1) is 6.26 Å². The van der Waals surface area contributed by atoms with Crippen LogP contribution in [0, 0.1) is 6.92 Å². The molecule has 1 aliphatic carbocycles.